The van der Waals surface area contributed by atoms with Crippen LogP contribution in [-0.4, -0.2) is 13.1 Å². The molecule has 1 fully saturated rings. The van der Waals surface area contributed by atoms with Crippen molar-refractivity contribution in [1.82, 2.24) is 0 Å². The maximum atomic E-state index is 5.90. The molecule has 0 aromatic heterocycles. The second kappa shape index (κ2) is 3.91. The van der Waals surface area contributed by atoms with E-state index in [1.807, 2.05) is 12.1 Å². The van der Waals surface area contributed by atoms with E-state index in [0.717, 1.165) is 5.69 Å². The fraction of sp³-hybridized carbons (Fsp3) is 0.500. The lowest BCUT2D eigenvalue weighted by Crippen LogP contribution is -2.30. The minimum absolute atomic E-state index is 0.910. The van der Waals surface area contributed by atoms with Gasteiger partial charge in [0.05, 0.1) is 0 Å². The van der Waals surface area contributed by atoms with Gasteiger partial charge in [-0.1, -0.05) is 6.07 Å². The van der Waals surface area contributed by atoms with Gasteiger partial charge in [-0.2, -0.15) is 0 Å². The summed E-state index contributed by atoms with van der Waals surface area (Å²) in [5.74, 6) is 0. The Morgan fingerprint density at radius 3 is 2.57 bits per heavy atom. The molecule has 2 N–H and O–H groups in total. The average Bonchev–Trinajstić information content (AvgIpc) is 2.23. The largest absolute Gasteiger partial charge is 0.398 e. The highest BCUT2D eigenvalue weighted by Gasteiger charge is 2.13. The lowest BCUT2D eigenvalue weighted by Gasteiger charge is -2.30. The Morgan fingerprint density at radius 1 is 1.14 bits per heavy atom. The molecule has 2 rings (SSSR count). The van der Waals surface area contributed by atoms with Crippen molar-refractivity contribution in [3.63, 3.8) is 0 Å². The molecule has 0 aliphatic carbocycles. The van der Waals surface area contributed by atoms with E-state index in [2.05, 4.69) is 17.9 Å². The quantitative estimate of drug-likeness (QED) is 0.690. The Labute approximate surface area is 85.7 Å². The SMILES string of the molecule is Cc1c(N)cccc1N1CCCCC1. The summed E-state index contributed by atoms with van der Waals surface area (Å²) in [5, 5.41) is 0. The minimum Gasteiger partial charge on any atom is -0.398 e. The van der Waals surface area contributed by atoms with Crippen molar-refractivity contribution < 1.29 is 0 Å². The third kappa shape index (κ3) is 1.69. The van der Waals surface area contributed by atoms with Crippen molar-refractivity contribution in [2.45, 2.75) is 26.2 Å². The molecule has 1 aliphatic rings. The molecule has 1 heterocycles. The number of nitrogen functional groups attached to an aromatic ring is 1. The van der Waals surface area contributed by atoms with Crippen LogP contribution in [0.15, 0.2) is 18.2 Å². The third-order valence-corrected chi connectivity index (χ3v) is 3.04. The van der Waals surface area contributed by atoms with Crippen molar-refractivity contribution in [2.24, 2.45) is 0 Å². The number of anilines is 2. The molecule has 1 saturated heterocycles. The van der Waals surface area contributed by atoms with E-state index in [0.29, 0.717) is 0 Å². The van der Waals surface area contributed by atoms with E-state index < -0.39 is 0 Å². The first-order valence-electron chi connectivity index (χ1n) is 5.39. The van der Waals surface area contributed by atoms with E-state index >= 15 is 0 Å². The maximum Gasteiger partial charge on any atom is 0.0416 e. The van der Waals surface area contributed by atoms with Gasteiger partial charge in [0.2, 0.25) is 0 Å². The van der Waals surface area contributed by atoms with Crippen LogP contribution in [0.2, 0.25) is 0 Å². The summed E-state index contributed by atoms with van der Waals surface area (Å²) in [4.78, 5) is 2.45. The van der Waals surface area contributed by atoms with Gasteiger partial charge in [0.1, 0.15) is 0 Å². The summed E-state index contributed by atoms with van der Waals surface area (Å²) in [7, 11) is 0. The second-order valence-electron chi connectivity index (χ2n) is 4.04. The van der Waals surface area contributed by atoms with Crippen LogP contribution in [0.5, 0.6) is 0 Å². The van der Waals surface area contributed by atoms with Crippen LogP contribution in [0.25, 0.3) is 0 Å². The van der Waals surface area contributed by atoms with Crippen molar-refractivity contribution >= 4 is 11.4 Å². The number of hydrogen-bond donors (Lipinski definition) is 1. The van der Waals surface area contributed by atoms with Gasteiger partial charge in [-0.15, -0.1) is 0 Å². The van der Waals surface area contributed by atoms with Gasteiger partial charge in [0.15, 0.2) is 0 Å². The number of piperidine rings is 1. The van der Waals surface area contributed by atoms with E-state index in [1.54, 1.807) is 0 Å². The third-order valence-electron chi connectivity index (χ3n) is 3.04. The van der Waals surface area contributed by atoms with E-state index in [1.165, 1.54) is 43.6 Å². The predicted molar refractivity (Wildman–Crippen MR) is 61.7 cm³/mol. The zero-order valence-electron chi connectivity index (χ0n) is 8.79. The monoisotopic (exact) mass is 190 g/mol. The van der Waals surface area contributed by atoms with Gasteiger partial charge >= 0.3 is 0 Å². The predicted octanol–water partition coefficient (Wildman–Crippen LogP) is 2.57. The van der Waals surface area contributed by atoms with E-state index in [4.69, 9.17) is 5.73 Å². The van der Waals surface area contributed by atoms with Gasteiger partial charge in [-0.25, -0.2) is 0 Å². The average molecular weight is 190 g/mol. The summed E-state index contributed by atoms with van der Waals surface area (Å²) >= 11 is 0. The summed E-state index contributed by atoms with van der Waals surface area (Å²) in [6.45, 7) is 4.48. The first-order valence-corrected chi connectivity index (χ1v) is 5.39. The number of rotatable bonds is 1. The van der Waals surface area contributed by atoms with E-state index in [-0.39, 0.29) is 0 Å². The standard InChI is InChI=1S/C12H18N2/c1-10-11(13)6-5-7-12(10)14-8-3-2-4-9-14/h5-7H,2-4,8-9,13H2,1H3. The van der Waals surface area contributed by atoms with Gasteiger partial charge < -0.3 is 10.6 Å². The maximum absolute atomic E-state index is 5.90. The fourth-order valence-corrected chi connectivity index (χ4v) is 2.12. The number of hydrogen-bond acceptors (Lipinski definition) is 2. The van der Waals surface area contributed by atoms with Crippen LogP contribution >= 0.6 is 0 Å². The first kappa shape index (κ1) is 9.38. The molecule has 1 aromatic carbocycles. The normalized spacial score (nSPS) is 17.1. The highest BCUT2D eigenvalue weighted by atomic mass is 15.1. The molecule has 1 aliphatic heterocycles. The van der Waals surface area contributed by atoms with Gasteiger partial charge in [0.25, 0.3) is 0 Å². The lowest BCUT2D eigenvalue weighted by molar-refractivity contribution is 0.577. The van der Waals surface area contributed by atoms with Gasteiger partial charge in [0, 0.05) is 24.5 Å². The summed E-state index contributed by atoms with van der Waals surface area (Å²) in [5.41, 5.74) is 9.37. The molecule has 2 nitrogen and oxygen atoms in total. The van der Waals surface area contributed by atoms with Gasteiger partial charge in [-0.3, -0.25) is 0 Å². The summed E-state index contributed by atoms with van der Waals surface area (Å²) < 4.78 is 0. The molecule has 0 atom stereocenters. The van der Waals surface area contributed by atoms with Crippen molar-refractivity contribution in [3.8, 4) is 0 Å². The van der Waals surface area contributed by atoms with Crippen LogP contribution in [0, 0.1) is 6.92 Å². The number of benzene rings is 1. The minimum atomic E-state index is 0.910. The Balaban J connectivity index is 2.26. The van der Waals surface area contributed by atoms with Crippen LogP contribution in [0.1, 0.15) is 24.8 Å². The van der Waals surface area contributed by atoms with Crippen molar-refractivity contribution in [2.75, 3.05) is 23.7 Å². The lowest BCUT2D eigenvalue weighted by atomic mass is 10.1. The number of nitrogens with two attached hydrogens (primary N) is 1. The van der Waals surface area contributed by atoms with Crippen LogP contribution in [0.4, 0.5) is 11.4 Å². The molecular formula is C12H18N2. The highest BCUT2D eigenvalue weighted by Crippen LogP contribution is 2.26. The van der Waals surface area contributed by atoms with Crippen LogP contribution in [0.3, 0.4) is 0 Å². The topological polar surface area (TPSA) is 29.3 Å². The Kier molecular flexibility index (Phi) is 2.62. The molecule has 0 radical (unpaired) electrons. The molecule has 0 bridgehead atoms. The van der Waals surface area contributed by atoms with Gasteiger partial charge in [-0.05, 0) is 43.9 Å². The Hall–Kier alpha value is -1.18. The van der Waals surface area contributed by atoms with Crippen LogP contribution < -0.4 is 10.6 Å². The highest BCUT2D eigenvalue weighted by molar-refractivity contribution is 5.64. The zero-order valence-corrected chi connectivity index (χ0v) is 8.79. The molecule has 1 aromatic rings. The van der Waals surface area contributed by atoms with E-state index in [9.17, 15) is 0 Å². The molecule has 0 amide bonds. The van der Waals surface area contributed by atoms with Crippen molar-refractivity contribution in [1.29, 1.82) is 0 Å². The molecule has 76 valence electrons. The zero-order chi connectivity index (χ0) is 9.97. The van der Waals surface area contributed by atoms with Crippen molar-refractivity contribution in [3.05, 3.63) is 23.8 Å². The smallest absolute Gasteiger partial charge is 0.0416 e. The summed E-state index contributed by atoms with van der Waals surface area (Å²) in [6, 6.07) is 6.20. The number of nitrogens with zero attached hydrogens (tertiary/aromatic N) is 1. The van der Waals surface area contributed by atoms with Crippen LogP contribution in [-0.2, 0) is 0 Å². The first-order chi connectivity index (χ1) is 6.79. The Bertz CT molecular complexity index is 314. The second-order valence-corrected chi connectivity index (χ2v) is 4.04. The molecule has 2 heteroatoms. The molecule has 14 heavy (non-hydrogen) atoms. The molecule has 0 spiro atoms. The fourth-order valence-electron chi connectivity index (χ4n) is 2.12. The Morgan fingerprint density at radius 2 is 1.86 bits per heavy atom. The summed E-state index contributed by atoms with van der Waals surface area (Å²) in [6.07, 6.45) is 4.00. The molecule has 0 saturated carbocycles. The molecular weight excluding hydrogens is 172 g/mol. The molecule has 0 unspecified atom stereocenters.